The number of sulfonamides is 1. The minimum absolute atomic E-state index is 0.0419. The maximum Gasteiger partial charge on any atom is 0.233 e. The summed E-state index contributed by atoms with van der Waals surface area (Å²) in [5.74, 6) is 0.912. The van der Waals surface area contributed by atoms with Crippen molar-refractivity contribution >= 4 is 27.2 Å². The second-order valence-corrected chi connectivity index (χ2v) is 9.21. The molecule has 1 saturated heterocycles. The molecule has 30 heavy (non-hydrogen) atoms. The van der Waals surface area contributed by atoms with Crippen molar-refractivity contribution < 1.29 is 8.42 Å². The zero-order valence-corrected chi connectivity index (χ0v) is 17.6. The summed E-state index contributed by atoms with van der Waals surface area (Å²) in [5, 5.41) is 0. The van der Waals surface area contributed by atoms with Gasteiger partial charge in [-0.3, -0.25) is 4.72 Å². The fourth-order valence-electron chi connectivity index (χ4n) is 3.59. The lowest BCUT2D eigenvalue weighted by atomic mass is 10.2. The fourth-order valence-corrected chi connectivity index (χ4v) is 4.68. The smallest absolute Gasteiger partial charge is 0.233 e. The average Bonchev–Trinajstić information content (AvgIpc) is 2.80. The average molecular weight is 423 g/mol. The molecular weight excluding hydrogens is 396 g/mol. The molecule has 1 fully saturated rings. The van der Waals surface area contributed by atoms with E-state index in [-0.39, 0.29) is 5.75 Å². The first-order valence-electron chi connectivity index (χ1n) is 10.1. The Kier molecular flexibility index (Phi) is 6.18. The molecular formula is C23H26N4O2S. The zero-order chi connectivity index (χ0) is 20.8. The Morgan fingerprint density at radius 3 is 2.07 bits per heavy atom. The van der Waals surface area contributed by atoms with Gasteiger partial charge < -0.3 is 9.80 Å². The van der Waals surface area contributed by atoms with Crippen LogP contribution in [0.1, 0.15) is 5.56 Å². The lowest BCUT2D eigenvalue weighted by molar-refractivity contribution is 0.600. The predicted octanol–water partition coefficient (Wildman–Crippen LogP) is 3.39. The van der Waals surface area contributed by atoms with Crippen molar-refractivity contribution in [1.29, 1.82) is 0 Å². The van der Waals surface area contributed by atoms with Crippen molar-refractivity contribution in [3.05, 3.63) is 84.6 Å². The number of benzene rings is 2. The number of hydrogen-bond acceptors (Lipinski definition) is 5. The molecule has 2 aromatic carbocycles. The number of rotatable bonds is 7. The molecule has 0 radical (unpaired) electrons. The number of nitrogens with zero attached hydrogens (tertiary/aromatic N) is 3. The maximum absolute atomic E-state index is 12.4. The Hall–Kier alpha value is -3.06. The van der Waals surface area contributed by atoms with E-state index in [4.69, 9.17) is 0 Å². The highest BCUT2D eigenvalue weighted by atomic mass is 32.2. The number of nitrogens with one attached hydrogen (secondary N) is 1. The molecule has 1 aliphatic heterocycles. The highest BCUT2D eigenvalue weighted by Crippen LogP contribution is 2.20. The Morgan fingerprint density at radius 2 is 1.43 bits per heavy atom. The van der Waals surface area contributed by atoms with Crippen LogP contribution in [0.25, 0.3) is 0 Å². The molecule has 156 valence electrons. The van der Waals surface area contributed by atoms with E-state index < -0.39 is 10.0 Å². The number of para-hydroxylation sites is 1. The van der Waals surface area contributed by atoms with Crippen LogP contribution in [0, 0.1) is 0 Å². The van der Waals surface area contributed by atoms with Gasteiger partial charge in [-0.05, 0) is 36.2 Å². The molecule has 1 N–H and O–H groups in total. The van der Waals surface area contributed by atoms with E-state index in [0.717, 1.165) is 37.6 Å². The third kappa shape index (κ3) is 5.30. The minimum Gasteiger partial charge on any atom is -0.368 e. The lowest BCUT2D eigenvalue weighted by Gasteiger charge is -2.36. The molecule has 4 rings (SSSR count). The highest BCUT2D eigenvalue weighted by molar-refractivity contribution is 7.92. The van der Waals surface area contributed by atoms with E-state index in [2.05, 4.69) is 43.8 Å². The normalized spacial score (nSPS) is 14.5. The van der Waals surface area contributed by atoms with Crippen molar-refractivity contribution in [1.82, 2.24) is 4.98 Å². The number of aryl methyl sites for hydroxylation is 1. The summed E-state index contributed by atoms with van der Waals surface area (Å²) < 4.78 is 27.4. The van der Waals surface area contributed by atoms with E-state index in [1.165, 1.54) is 5.69 Å². The van der Waals surface area contributed by atoms with Gasteiger partial charge in [-0.2, -0.15) is 0 Å². The number of hydrogen-bond donors (Lipinski definition) is 1. The lowest BCUT2D eigenvalue weighted by Crippen LogP contribution is -2.46. The van der Waals surface area contributed by atoms with Crippen LogP contribution in [0.15, 0.2) is 79.0 Å². The van der Waals surface area contributed by atoms with Gasteiger partial charge in [-0.1, -0.05) is 48.5 Å². The van der Waals surface area contributed by atoms with Gasteiger partial charge in [0.1, 0.15) is 5.82 Å². The van der Waals surface area contributed by atoms with E-state index in [1.54, 1.807) is 12.3 Å². The molecule has 0 aliphatic carbocycles. The molecule has 7 heteroatoms. The Morgan fingerprint density at radius 1 is 0.800 bits per heavy atom. The van der Waals surface area contributed by atoms with Gasteiger partial charge in [0, 0.05) is 31.9 Å². The summed E-state index contributed by atoms with van der Waals surface area (Å²) in [6.07, 6.45) is 2.08. The van der Waals surface area contributed by atoms with Gasteiger partial charge in [0.25, 0.3) is 0 Å². The molecule has 0 amide bonds. The molecule has 0 saturated carbocycles. The summed E-state index contributed by atoms with van der Waals surface area (Å²) in [6, 6.07) is 23.7. The summed E-state index contributed by atoms with van der Waals surface area (Å²) in [7, 11) is -3.42. The van der Waals surface area contributed by atoms with E-state index in [9.17, 15) is 8.42 Å². The Labute approximate surface area is 178 Å². The first kappa shape index (κ1) is 20.2. The summed E-state index contributed by atoms with van der Waals surface area (Å²) in [4.78, 5) is 9.08. The van der Waals surface area contributed by atoms with E-state index in [1.807, 2.05) is 42.5 Å². The topological polar surface area (TPSA) is 65.5 Å². The molecule has 0 atom stereocenters. The molecule has 0 spiro atoms. The van der Waals surface area contributed by atoms with Crippen LogP contribution in [0.5, 0.6) is 0 Å². The van der Waals surface area contributed by atoms with Gasteiger partial charge in [0.15, 0.2) is 0 Å². The van der Waals surface area contributed by atoms with Crippen molar-refractivity contribution in [2.45, 2.75) is 6.42 Å². The molecule has 0 unspecified atom stereocenters. The van der Waals surface area contributed by atoms with Gasteiger partial charge in [0.2, 0.25) is 10.0 Å². The number of aromatic nitrogens is 1. The standard InChI is InChI=1S/C23H26N4O2S/c28-30(29,18-13-20-7-3-1-4-8-20)25-21-11-12-23(24-19-21)27-16-14-26(15-17-27)22-9-5-2-6-10-22/h1-12,19,25H,13-18H2. The molecule has 2 heterocycles. The quantitative estimate of drug-likeness (QED) is 0.632. The van der Waals surface area contributed by atoms with Crippen LogP contribution in [0.3, 0.4) is 0 Å². The Balaban J connectivity index is 1.31. The van der Waals surface area contributed by atoms with E-state index in [0.29, 0.717) is 12.1 Å². The van der Waals surface area contributed by atoms with Crippen LogP contribution in [0.4, 0.5) is 17.2 Å². The van der Waals surface area contributed by atoms with Gasteiger partial charge in [0.05, 0.1) is 17.6 Å². The van der Waals surface area contributed by atoms with E-state index >= 15 is 0 Å². The highest BCUT2D eigenvalue weighted by Gasteiger charge is 2.18. The molecule has 0 bridgehead atoms. The van der Waals surface area contributed by atoms with Crippen molar-refractivity contribution in [2.75, 3.05) is 46.5 Å². The second-order valence-electron chi connectivity index (χ2n) is 7.37. The molecule has 1 aromatic heterocycles. The number of anilines is 3. The van der Waals surface area contributed by atoms with Crippen LogP contribution in [-0.4, -0.2) is 45.3 Å². The summed E-state index contributed by atoms with van der Waals surface area (Å²) in [5.41, 5.74) is 2.74. The zero-order valence-electron chi connectivity index (χ0n) is 16.8. The minimum atomic E-state index is -3.42. The largest absolute Gasteiger partial charge is 0.368 e. The third-order valence-corrected chi connectivity index (χ3v) is 6.54. The molecule has 6 nitrogen and oxygen atoms in total. The predicted molar refractivity (Wildman–Crippen MR) is 123 cm³/mol. The van der Waals surface area contributed by atoms with Crippen molar-refractivity contribution in [3.8, 4) is 0 Å². The molecule has 1 aliphatic rings. The first-order valence-corrected chi connectivity index (χ1v) is 11.8. The number of pyridine rings is 1. The Bertz CT molecular complexity index is 1030. The van der Waals surface area contributed by atoms with Crippen LogP contribution >= 0.6 is 0 Å². The van der Waals surface area contributed by atoms with Crippen molar-refractivity contribution in [2.24, 2.45) is 0 Å². The maximum atomic E-state index is 12.4. The van der Waals surface area contributed by atoms with Crippen LogP contribution in [0.2, 0.25) is 0 Å². The fraction of sp³-hybridized carbons (Fsp3) is 0.261. The van der Waals surface area contributed by atoms with Crippen molar-refractivity contribution in [3.63, 3.8) is 0 Å². The van der Waals surface area contributed by atoms with Crippen LogP contribution in [-0.2, 0) is 16.4 Å². The van der Waals surface area contributed by atoms with Crippen LogP contribution < -0.4 is 14.5 Å². The second kappa shape index (κ2) is 9.17. The van der Waals surface area contributed by atoms with Gasteiger partial charge in [-0.15, -0.1) is 0 Å². The monoisotopic (exact) mass is 422 g/mol. The third-order valence-electron chi connectivity index (χ3n) is 5.25. The van der Waals surface area contributed by atoms with Gasteiger partial charge >= 0.3 is 0 Å². The summed E-state index contributed by atoms with van der Waals surface area (Å²) in [6.45, 7) is 3.62. The summed E-state index contributed by atoms with van der Waals surface area (Å²) >= 11 is 0. The van der Waals surface area contributed by atoms with Gasteiger partial charge in [-0.25, -0.2) is 13.4 Å². The number of piperazine rings is 1. The SMILES string of the molecule is O=S(=O)(CCc1ccccc1)Nc1ccc(N2CCN(c3ccccc3)CC2)nc1. The first-order chi connectivity index (χ1) is 14.6. The molecule has 3 aromatic rings.